The van der Waals surface area contributed by atoms with Crippen LogP contribution < -0.4 is 0 Å². The lowest BCUT2D eigenvalue weighted by atomic mass is 10.1. The van der Waals surface area contributed by atoms with E-state index in [0.29, 0.717) is 25.9 Å². The molecule has 7 nitrogen and oxygen atoms in total. The monoisotopic (exact) mass is 317 g/mol. The molecule has 1 fully saturated rings. The molecule has 8 heteroatoms. The second-order valence-corrected chi connectivity index (χ2v) is 7.03. The van der Waals surface area contributed by atoms with Crippen molar-refractivity contribution in [1.82, 2.24) is 19.3 Å². The van der Waals surface area contributed by atoms with E-state index in [4.69, 9.17) is 5.26 Å². The zero-order valence-electron chi connectivity index (χ0n) is 11.8. The van der Waals surface area contributed by atoms with E-state index in [-0.39, 0.29) is 16.5 Å². The van der Waals surface area contributed by atoms with E-state index < -0.39 is 10.0 Å². The van der Waals surface area contributed by atoms with E-state index in [0.717, 1.165) is 0 Å². The lowest BCUT2D eigenvalue weighted by molar-refractivity contribution is 0.258. The largest absolute Gasteiger partial charge is 0.249 e. The summed E-state index contributed by atoms with van der Waals surface area (Å²) in [4.78, 5) is 0.0803. The van der Waals surface area contributed by atoms with Crippen molar-refractivity contribution >= 4 is 10.0 Å². The second kappa shape index (κ2) is 5.87. The smallest absolute Gasteiger partial charge is 0.244 e. The minimum atomic E-state index is -3.63. The number of piperidine rings is 1. The molecule has 3 rings (SSSR count). The summed E-state index contributed by atoms with van der Waals surface area (Å²) in [6.45, 7) is 0.819. The average molecular weight is 317 g/mol. The lowest BCUT2D eigenvalue weighted by Gasteiger charge is -2.31. The molecule has 0 aliphatic carbocycles. The van der Waals surface area contributed by atoms with Gasteiger partial charge in [0.2, 0.25) is 10.0 Å². The number of hydrogen-bond donors (Lipinski definition) is 0. The van der Waals surface area contributed by atoms with Gasteiger partial charge in [-0.15, -0.1) is 5.10 Å². The van der Waals surface area contributed by atoms with Crippen LogP contribution in [-0.4, -0.2) is 40.8 Å². The summed E-state index contributed by atoms with van der Waals surface area (Å²) in [5.41, 5.74) is 0.181. The summed E-state index contributed by atoms with van der Waals surface area (Å²) in [5, 5.41) is 16.8. The molecule has 0 radical (unpaired) electrons. The van der Waals surface area contributed by atoms with Crippen LogP contribution in [0.5, 0.6) is 0 Å². The van der Waals surface area contributed by atoms with Gasteiger partial charge in [-0.25, -0.2) is 13.1 Å². The fourth-order valence-corrected chi connectivity index (χ4v) is 4.29. The number of sulfonamides is 1. The Balaban J connectivity index is 1.79. The predicted octanol–water partition coefficient (Wildman–Crippen LogP) is 1.18. The van der Waals surface area contributed by atoms with E-state index in [9.17, 15) is 8.42 Å². The zero-order valence-corrected chi connectivity index (χ0v) is 12.6. The molecule has 22 heavy (non-hydrogen) atoms. The molecule has 1 aromatic heterocycles. The highest BCUT2D eigenvalue weighted by Crippen LogP contribution is 2.27. The standard InChI is InChI=1S/C14H15N5O2S/c15-11-12-3-1-2-4-14(12)22(20,21)18-8-5-13(6-9-18)19-10-7-16-17-19/h1-4,7,10,13H,5-6,8-9H2. The molecule has 0 spiro atoms. The van der Waals surface area contributed by atoms with Crippen molar-refractivity contribution in [3.63, 3.8) is 0 Å². The SMILES string of the molecule is N#Cc1ccccc1S(=O)(=O)N1CCC(n2ccnn2)CC1. The van der Waals surface area contributed by atoms with E-state index in [1.807, 2.05) is 6.07 Å². The lowest BCUT2D eigenvalue weighted by Crippen LogP contribution is -2.39. The van der Waals surface area contributed by atoms with Crippen LogP contribution in [0, 0.1) is 11.3 Å². The molecule has 0 N–H and O–H groups in total. The van der Waals surface area contributed by atoms with Crippen LogP contribution in [0.25, 0.3) is 0 Å². The van der Waals surface area contributed by atoms with Crippen molar-refractivity contribution in [2.24, 2.45) is 0 Å². The van der Waals surface area contributed by atoms with Crippen LogP contribution in [0.15, 0.2) is 41.6 Å². The average Bonchev–Trinajstić information content (AvgIpc) is 3.09. The highest BCUT2D eigenvalue weighted by molar-refractivity contribution is 7.89. The fourth-order valence-electron chi connectivity index (χ4n) is 2.68. The van der Waals surface area contributed by atoms with E-state index >= 15 is 0 Å². The molecule has 0 unspecified atom stereocenters. The highest BCUT2D eigenvalue weighted by atomic mass is 32.2. The Morgan fingerprint density at radius 1 is 1.23 bits per heavy atom. The third kappa shape index (κ3) is 2.61. The number of nitrogens with zero attached hydrogens (tertiary/aromatic N) is 5. The first-order chi connectivity index (χ1) is 10.6. The molecule has 0 amide bonds. The molecule has 1 aromatic carbocycles. The van der Waals surface area contributed by atoms with Crippen LogP contribution in [0.4, 0.5) is 0 Å². The van der Waals surface area contributed by atoms with Crippen LogP contribution in [0.3, 0.4) is 0 Å². The molecule has 1 saturated heterocycles. The maximum Gasteiger partial charge on any atom is 0.244 e. The molecule has 1 aliphatic heterocycles. The number of benzene rings is 1. The van der Waals surface area contributed by atoms with Crippen molar-refractivity contribution in [2.75, 3.05) is 13.1 Å². The Bertz CT molecular complexity index is 787. The fraction of sp³-hybridized carbons (Fsp3) is 0.357. The summed E-state index contributed by atoms with van der Waals surface area (Å²) >= 11 is 0. The molecule has 2 aromatic rings. The van der Waals surface area contributed by atoms with E-state index in [2.05, 4.69) is 10.3 Å². The molecule has 0 atom stereocenters. The normalized spacial score (nSPS) is 17.2. The van der Waals surface area contributed by atoms with E-state index in [1.165, 1.54) is 16.4 Å². The minimum Gasteiger partial charge on any atom is -0.249 e. The first-order valence-electron chi connectivity index (χ1n) is 6.98. The van der Waals surface area contributed by atoms with E-state index in [1.54, 1.807) is 29.2 Å². The minimum absolute atomic E-state index is 0.0803. The quantitative estimate of drug-likeness (QED) is 0.847. The van der Waals surface area contributed by atoms with Crippen molar-refractivity contribution in [2.45, 2.75) is 23.8 Å². The third-order valence-corrected chi connectivity index (χ3v) is 5.82. The highest BCUT2D eigenvalue weighted by Gasteiger charge is 2.31. The van der Waals surface area contributed by atoms with Crippen molar-refractivity contribution in [3.8, 4) is 6.07 Å². The topological polar surface area (TPSA) is 91.9 Å². The van der Waals surface area contributed by atoms with Crippen LogP contribution in [0.1, 0.15) is 24.4 Å². The predicted molar refractivity (Wildman–Crippen MR) is 78.2 cm³/mol. The molecular weight excluding hydrogens is 302 g/mol. The van der Waals surface area contributed by atoms with Crippen molar-refractivity contribution in [1.29, 1.82) is 5.26 Å². The molecule has 0 saturated carbocycles. The number of aromatic nitrogens is 3. The third-order valence-electron chi connectivity index (χ3n) is 3.86. The van der Waals surface area contributed by atoms with Gasteiger partial charge in [-0.2, -0.15) is 9.57 Å². The van der Waals surface area contributed by atoms with Gasteiger partial charge in [0.1, 0.15) is 6.07 Å². The summed E-state index contributed by atoms with van der Waals surface area (Å²) in [6, 6.07) is 8.41. The van der Waals surface area contributed by atoms with Gasteiger partial charge in [0, 0.05) is 19.3 Å². The molecule has 2 heterocycles. The summed E-state index contributed by atoms with van der Waals surface area (Å²) in [5.74, 6) is 0. The number of rotatable bonds is 3. The maximum atomic E-state index is 12.7. The Morgan fingerprint density at radius 3 is 2.59 bits per heavy atom. The Labute approximate surface area is 128 Å². The molecule has 1 aliphatic rings. The van der Waals surface area contributed by atoms with Gasteiger partial charge in [0.15, 0.2) is 0 Å². The zero-order chi connectivity index (χ0) is 15.6. The Hall–Kier alpha value is -2.24. The van der Waals surface area contributed by atoms with Gasteiger partial charge in [-0.3, -0.25) is 0 Å². The van der Waals surface area contributed by atoms with Crippen LogP contribution in [-0.2, 0) is 10.0 Å². The van der Waals surface area contributed by atoms with Crippen LogP contribution in [0.2, 0.25) is 0 Å². The first-order valence-corrected chi connectivity index (χ1v) is 8.42. The van der Waals surface area contributed by atoms with Crippen molar-refractivity contribution < 1.29 is 8.42 Å². The van der Waals surface area contributed by atoms with Gasteiger partial charge in [-0.05, 0) is 25.0 Å². The molecular formula is C14H15N5O2S. The van der Waals surface area contributed by atoms with Crippen LogP contribution >= 0.6 is 0 Å². The number of hydrogen-bond acceptors (Lipinski definition) is 5. The molecule has 114 valence electrons. The number of nitriles is 1. The Morgan fingerprint density at radius 2 is 1.95 bits per heavy atom. The Kier molecular flexibility index (Phi) is 3.92. The van der Waals surface area contributed by atoms with Crippen molar-refractivity contribution in [3.05, 3.63) is 42.2 Å². The van der Waals surface area contributed by atoms with Gasteiger partial charge in [0.05, 0.1) is 22.7 Å². The van der Waals surface area contributed by atoms with Gasteiger partial charge in [-0.1, -0.05) is 17.3 Å². The summed E-state index contributed by atoms with van der Waals surface area (Å²) in [7, 11) is -3.63. The van der Waals surface area contributed by atoms with Gasteiger partial charge in [0.25, 0.3) is 0 Å². The summed E-state index contributed by atoms with van der Waals surface area (Å²) in [6.07, 6.45) is 4.76. The van der Waals surface area contributed by atoms with Gasteiger partial charge >= 0.3 is 0 Å². The first kappa shape index (κ1) is 14.7. The maximum absolute atomic E-state index is 12.7. The summed E-state index contributed by atoms with van der Waals surface area (Å²) < 4.78 is 28.6. The second-order valence-electron chi connectivity index (χ2n) is 5.13. The molecule has 0 bridgehead atoms. The van der Waals surface area contributed by atoms with Gasteiger partial charge < -0.3 is 0 Å².